The van der Waals surface area contributed by atoms with Gasteiger partial charge in [-0.1, -0.05) is 125 Å². The molecule has 0 aliphatic carbocycles. The summed E-state index contributed by atoms with van der Waals surface area (Å²) >= 11 is 0. The Kier molecular flexibility index (Phi) is 32.1. The Morgan fingerprint density at radius 1 is 0.710 bits per heavy atom. The number of allylic oxidation sites excluding steroid dienone is 11. The van der Waals surface area contributed by atoms with E-state index in [1.54, 1.807) is 12.2 Å². The van der Waals surface area contributed by atoms with Crippen molar-refractivity contribution in [2.75, 3.05) is 47.5 Å². The van der Waals surface area contributed by atoms with E-state index in [1.165, 1.54) is 17.5 Å². The minimum Gasteiger partial charge on any atom is -0.756 e. The molecule has 12 heteroatoms. The van der Waals surface area contributed by atoms with Gasteiger partial charge < -0.3 is 37.4 Å². The molecule has 1 heterocycles. The summed E-state index contributed by atoms with van der Waals surface area (Å²) in [6, 6.07) is 0. The molecule has 2 unspecified atom stereocenters. The number of esters is 2. The number of phosphoric acid groups is 1. The first-order valence-corrected chi connectivity index (χ1v) is 24.6. The van der Waals surface area contributed by atoms with E-state index in [1.807, 2.05) is 33.3 Å². The predicted octanol–water partition coefficient (Wildman–Crippen LogP) is 11.0. The summed E-state index contributed by atoms with van der Waals surface area (Å²) < 4.78 is 39.9. The van der Waals surface area contributed by atoms with Gasteiger partial charge in [-0.25, -0.2) is 0 Å². The molecule has 0 radical (unpaired) electrons. The highest BCUT2D eigenvalue weighted by molar-refractivity contribution is 7.45. The topological polar surface area (TPSA) is 145 Å². The Morgan fingerprint density at radius 2 is 1.26 bits per heavy atom. The van der Waals surface area contributed by atoms with Crippen LogP contribution < -0.4 is 4.89 Å². The maximum absolute atomic E-state index is 12.7. The number of furan rings is 1. The number of carbonyl (C=O) groups is 2. The van der Waals surface area contributed by atoms with E-state index in [2.05, 4.69) is 76.3 Å². The van der Waals surface area contributed by atoms with Gasteiger partial charge in [-0.15, -0.1) is 0 Å². The van der Waals surface area contributed by atoms with Crippen molar-refractivity contribution in [3.05, 3.63) is 95.6 Å². The number of rotatable bonds is 37. The van der Waals surface area contributed by atoms with E-state index in [4.69, 9.17) is 22.9 Å². The number of hydrogen-bond donors (Lipinski definition) is 1. The number of aryl methyl sites for hydroxylation is 2. The van der Waals surface area contributed by atoms with Crippen LogP contribution in [0.25, 0.3) is 0 Å². The molecule has 1 aromatic heterocycles. The molecule has 0 aliphatic rings. The fourth-order valence-electron chi connectivity index (χ4n) is 6.16. The van der Waals surface area contributed by atoms with Crippen LogP contribution in [0.15, 0.2) is 77.3 Å². The number of aliphatic hydroxyl groups is 1. The third-order valence-corrected chi connectivity index (χ3v) is 11.0. The molecule has 352 valence electrons. The molecule has 0 saturated heterocycles. The zero-order valence-electron chi connectivity index (χ0n) is 39.4. The molecule has 0 spiro atoms. The van der Waals surface area contributed by atoms with Crippen LogP contribution in [0, 0.1) is 13.8 Å². The first-order chi connectivity index (χ1) is 29.7. The van der Waals surface area contributed by atoms with Crippen LogP contribution in [-0.2, 0) is 45.5 Å². The maximum Gasteiger partial charge on any atom is 0.306 e. The number of likely N-dealkylation sites (N-methyl/N-ethyl adjacent to an activating group) is 1. The molecular weight excluding hydrogens is 806 g/mol. The molecule has 62 heavy (non-hydrogen) atoms. The van der Waals surface area contributed by atoms with E-state index >= 15 is 0 Å². The Labute approximate surface area is 375 Å². The van der Waals surface area contributed by atoms with Gasteiger partial charge in [0.15, 0.2) is 6.10 Å². The van der Waals surface area contributed by atoms with Crippen molar-refractivity contribution >= 4 is 19.8 Å². The minimum atomic E-state index is -4.71. The van der Waals surface area contributed by atoms with Crippen molar-refractivity contribution in [3.63, 3.8) is 0 Å². The third-order valence-electron chi connectivity index (χ3n) is 10.0. The summed E-state index contributed by atoms with van der Waals surface area (Å²) in [6.07, 6.45) is 38.3. The van der Waals surface area contributed by atoms with Crippen LogP contribution in [0.5, 0.6) is 0 Å². The van der Waals surface area contributed by atoms with Crippen molar-refractivity contribution in [1.82, 2.24) is 0 Å². The van der Waals surface area contributed by atoms with Gasteiger partial charge in [0.25, 0.3) is 7.82 Å². The minimum absolute atomic E-state index is 0.0835. The molecule has 0 aliphatic heterocycles. The summed E-state index contributed by atoms with van der Waals surface area (Å²) in [7, 11) is 0.989. The zero-order chi connectivity index (χ0) is 45.9. The van der Waals surface area contributed by atoms with Crippen molar-refractivity contribution < 1.29 is 51.6 Å². The zero-order valence-corrected chi connectivity index (χ0v) is 40.3. The standard InChI is InChI=1S/C50H82NO10P/c1-8-10-11-12-13-14-15-16-17-18-19-20-21-24-27-30-34-45(52)37-38-50(54)60-46(42-59-62(55,56)58-40-39-51(5,6)7)41-57-49(53)36-32-29-26-23-22-25-28-31-35-48-44(4)43(3)47(61-48)33-9-2/h10-11,13-14,16-17,19-20,24,27,30,34,45-46,52H,8-9,12,15,18,21-23,25-26,28-29,31-33,35-42H2,1-7H3/b11-10-,14-13-,17-16-,20-19-,27-24-,34-30-/t45?,46-/m1/s1. The van der Waals surface area contributed by atoms with Crippen LogP contribution in [0.1, 0.15) is 146 Å². The van der Waals surface area contributed by atoms with Crippen LogP contribution in [0.4, 0.5) is 0 Å². The van der Waals surface area contributed by atoms with Crippen LogP contribution in [-0.4, -0.2) is 81.2 Å². The number of unbranched alkanes of at least 4 members (excludes halogenated alkanes) is 7. The van der Waals surface area contributed by atoms with Crippen molar-refractivity contribution in [1.29, 1.82) is 0 Å². The molecule has 0 bridgehead atoms. The highest BCUT2D eigenvalue weighted by atomic mass is 31.2. The predicted molar refractivity (Wildman–Crippen MR) is 250 cm³/mol. The molecule has 1 rings (SSSR count). The maximum atomic E-state index is 12.7. The monoisotopic (exact) mass is 888 g/mol. The fraction of sp³-hybridized carbons (Fsp3) is 0.640. The first-order valence-electron chi connectivity index (χ1n) is 23.1. The number of carbonyl (C=O) groups excluding carboxylic acids is 2. The summed E-state index contributed by atoms with van der Waals surface area (Å²) in [6.45, 7) is 8.02. The lowest BCUT2D eigenvalue weighted by molar-refractivity contribution is -0.870. The quantitative estimate of drug-likeness (QED) is 0.0171. The second kappa shape index (κ2) is 35.1. The lowest BCUT2D eigenvalue weighted by Gasteiger charge is -2.28. The van der Waals surface area contributed by atoms with E-state index < -0.39 is 38.6 Å². The molecule has 0 aromatic carbocycles. The number of nitrogens with zero attached hydrogens (tertiary/aromatic N) is 1. The Hall–Kier alpha value is -3.31. The Morgan fingerprint density at radius 3 is 1.84 bits per heavy atom. The Balaban J connectivity index is 2.43. The smallest absolute Gasteiger partial charge is 0.306 e. The SMILES string of the molecule is CC/C=C\C/C=C\C/C=C\C/C=C\C/C=C\C=C/C(O)CCC(=O)O[C@H](COC(=O)CCCCCCCCCCc1oc(CCC)c(C)c1C)COP(=O)([O-])OCC[N+](C)(C)C. The lowest BCUT2D eigenvalue weighted by atomic mass is 10.0. The average Bonchev–Trinajstić information content (AvgIpc) is 3.48. The molecule has 1 N–H and O–H groups in total. The second-order valence-electron chi connectivity index (χ2n) is 16.8. The summed E-state index contributed by atoms with van der Waals surface area (Å²) in [5.41, 5.74) is 2.60. The third kappa shape index (κ3) is 31.5. The van der Waals surface area contributed by atoms with Crippen molar-refractivity contribution in [2.45, 2.75) is 162 Å². The largest absolute Gasteiger partial charge is 0.756 e. The van der Waals surface area contributed by atoms with Gasteiger partial charge >= 0.3 is 11.9 Å². The second-order valence-corrected chi connectivity index (χ2v) is 18.2. The van der Waals surface area contributed by atoms with Gasteiger partial charge in [-0.2, -0.15) is 0 Å². The van der Waals surface area contributed by atoms with Gasteiger partial charge in [-0.3, -0.25) is 14.2 Å². The Bertz CT molecular complexity index is 1580. The van der Waals surface area contributed by atoms with Gasteiger partial charge in [0.2, 0.25) is 0 Å². The molecule has 1 aromatic rings. The normalized spacial score (nSPS) is 14.7. The number of phosphoric ester groups is 1. The summed E-state index contributed by atoms with van der Waals surface area (Å²) in [5, 5.41) is 10.4. The number of aliphatic hydroxyl groups excluding tert-OH is 1. The van der Waals surface area contributed by atoms with Gasteiger partial charge in [0.1, 0.15) is 31.3 Å². The highest BCUT2D eigenvalue weighted by Gasteiger charge is 2.22. The molecular formula is C50H82NO10P. The van der Waals surface area contributed by atoms with Gasteiger partial charge in [0, 0.05) is 25.7 Å². The summed E-state index contributed by atoms with van der Waals surface area (Å²) in [5.74, 6) is 1.12. The lowest BCUT2D eigenvalue weighted by Crippen LogP contribution is -2.37. The number of ether oxygens (including phenoxy) is 2. The highest BCUT2D eigenvalue weighted by Crippen LogP contribution is 2.38. The molecule has 0 amide bonds. The molecule has 3 atom stereocenters. The summed E-state index contributed by atoms with van der Waals surface area (Å²) in [4.78, 5) is 37.7. The van der Waals surface area contributed by atoms with Crippen LogP contribution in [0.2, 0.25) is 0 Å². The van der Waals surface area contributed by atoms with E-state index in [-0.39, 0.29) is 32.5 Å². The van der Waals surface area contributed by atoms with Crippen LogP contribution >= 0.6 is 7.82 Å². The molecule has 11 nitrogen and oxygen atoms in total. The molecule has 0 saturated carbocycles. The van der Waals surface area contributed by atoms with Gasteiger partial charge in [-0.05, 0) is 82.8 Å². The number of hydrogen-bond acceptors (Lipinski definition) is 10. The fourth-order valence-corrected chi connectivity index (χ4v) is 6.89. The molecule has 0 fully saturated rings. The van der Waals surface area contributed by atoms with E-state index in [0.717, 1.165) is 101 Å². The van der Waals surface area contributed by atoms with E-state index in [9.17, 15) is 24.2 Å². The van der Waals surface area contributed by atoms with Crippen molar-refractivity contribution in [2.24, 2.45) is 0 Å². The average molecular weight is 888 g/mol. The van der Waals surface area contributed by atoms with Crippen molar-refractivity contribution in [3.8, 4) is 0 Å². The first kappa shape index (κ1) is 56.7. The number of quaternary nitrogens is 1. The van der Waals surface area contributed by atoms with Crippen LogP contribution in [0.3, 0.4) is 0 Å². The van der Waals surface area contributed by atoms with Gasteiger partial charge in [0.05, 0.1) is 33.9 Å². The van der Waals surface area contributed by atoms with E-state index in [0.29, 0.717) is 17.4 Å².